The Hall–Kier alpha value is -3.03. The fraction of sp³-hybridized carbons (Fsp3) is 0.433. The van der Waals surface area contributed by atoms with E-state index < -0.39 is 0 Å². The van der Waals surface area contributed by atoms with Gasteiger partial charge in [0.25, 0.3) is 0 Å². The molecule has 0 bridgehead atoms. The maximum atomic E-state index is 12.9. The van der Waals surface area contributed by atoms with Gasteiger partial charge in [-0.2, -0.15) is 0 Å². The summed E-state index contributed by atoms with van der Waals surface area (Å²) in [5.74, 6) is -0.701. The molecule has 0 saturated carbocycles. The number of carbonyl (C=O) groups is 3. The van der Waals surface area contributed by atoms with E-state index in [9.17, 15) is 14.4 Å². The first kappa shape index (κ1) is 29.0. The number of Topliss-reactive ketones (excluding diaryl/α,β-unsaturated/α-hetero) is 1. The van der Waals surface area contributed by atoms with Crippen molar-refractivity contribution in [1.29, 1.82) is 5.41 Å². The predicted octanol–water partition coefficient (Wildman–Crippen LogP) is 6.15. The lowest BCUT2D eigenvalue weighted by Crippen LogP contribution is -2.37. The summed E-state index contributed by atoms with van der Waals surface area (Å²) in [4.78, 5) is 44.1. The first-order chi connectivity index (χ1) is 18.8. The molecule has 0 spiro atoms. The van der Waals surface area contributed by atoms with E-state index in [1.54, 1.807) is 30.6 Å². The number of carbonyl (C=O) groups excluding carboxylic acids is 3. The second-order valence-corrected chi connectivity index (χ2v) is 11.2. The monoisotopic (exact) mass is 569 g/mol. The summed E-state index contributed by atoms with van der Waals surface area (Å²) in [6, 6.07) is 8.92. The summed E-state index contributed by atoms with van der Waals surface area (Å²) in [6.45, 7) is 0.519. The van der Waals surface area contributed by atoms with Gasteiger partial charge >= 0.3 is 5.97 Å². The van der Waals surface area contributed by atoms with Crippen molar-refractivity contribution in [1.82, 2.24) is 9.88 Å². The van der Waals surface area contributed by atoms with Crippen LogP contribution in [0.4, 0.5) is 0 Å². The number of nitrogens with zero attached hydrogens (tertiary/aromatic N) is 2. The van der Waals surface area contributed by atoms with Crippen molar-refractivity contribution in [2.45, 2.75) is 70.4 Å². The SMILES string of the molecule is N=C(CCc1cccnc1)CC(=O)C1CC(=O)N(C2CCC=C(CC(=O)OCc3cc(Cl)cc(Cl)c3)CC2)C1. The molecule has 2 atom stereocenters. The molecule has 39 heavy (non-hydrogen) atoms. The molecule has 1 aliphatic carbocycles. The van der Waals surface area contributed by atoms with Crippen molar-refractivity contribution in [2.24, 2.45) is 5.92 Å². The van der Waals surface area contributed by atoms with Gasteiger partial charge in [0.2, 0.25) is 5.91 Å². The van der Waals surface area contributed by atoms with Gasteiger partial charge in [-0.25, -0.2) is 0 Å². The number of aromatic nitrogens is 1. The Kier molecular flexibility index (Phi) is 10.3. The normalized spacial score (nSPS) is 19.4. The van der Waals surface area contributed by atoms with Crippen LogP contribution in [0.1, 0.15) is 62.5 Å². The molecule has 1 amide bonds. The third kappa shape index (κ3) is 8.73. The molecular formula is C30H33Cl2N3O4. The molecule has 1 N–H and O–H groups in total. The number of amides is 1. The first-order valence-electron chi connectivity index (χ1n) is 13.3. The first-order valence-corrected chi connectivity index (χ1v) is 14.1. The Morgan fingerprint density at radius 2 is 1.92 bits per heavy atom. The van der Waals surface area contributed by atoms with Crippen LogP contribution in [-0.2, 0) is 32.1 Å². The van der Waals surface area contributed by atoms with Crippen LogP contribution >= 0.6 is 23.2 Å². The number of halogens is 2. The molecule has 4 rings (SSSR count). The smallest absolute Gasteiger partial charge is 0.310 e. The topological polar surface area (TPSA) is 100 Å². The summed E-state index contributed by atoms with van der Waals surface area (Å²) in [5.41, 5.74) is 3.17. The fourth-order valence-corrected chi connectivity index (χ4v) is 5.80. The zero-order chi connectivity index (χ0) is 27.8. The Morgan fingerprint density at radius 1 is 1.13 bits per heavy atom. The number of hydrogen-bond acceptors (Lipinski definition) is 6. The molecule has 9 heteroatoms. The minimum absolute atomic E-state index is 0.00304. The van der Waals surface area contributed by atoms with Gasteiger partial charge in [-0.05, 0) is 73.9 Å². The molecule has 1 aromatic heterocycles. The molecule has 2 unspecified atom stereocenters. The lowest BCUT2D eigenvalue weighted by molar-refractivity contribution is -0.144. The van der Waals surface area contributed by atoms with Crippen LogP contribution in [0.25, 0.3) is 0 Å². The van der Waals surface area contributed by atoms with Crippen molar-refractivity contribution in [3.63, 3.8) is 0 Å². The molecule has 1 fully saturated rings. The highest BCUT2D eigenvalue weighted by molar-refractivity contribution is 6.34. The van der Waals surface area contributed by atoms with Gasteiger partial charge in [-0.3, -0.25) is 19.4 Å². The summed E-state index contributed by atoms with van der Waals surface area (Å²) >= 11 is 12.0. The number of ether oxygens (including phenoxy) is 1. The molecule has 2 aromatic rings. The molecular weight excluding hydrogens is 537 g/mol. The Labute approximate surface area is 239 Å². The van der Waals surface area contributed by atoms with Crippen molar-refractivity contribution in [3.05, 3.63) is 75.5 Å². The number of benzene rings is 1. The minimum Gasteiger partial charge on any atom is -0.461 e. The van der Waals surface area contributed by atoms with E-state index in [-0.39, 0.29) is 55.5 Å². The van der Waals surface area contributed by atoms with Crippen molar-refractivity contribution < 1.29 is 19.1 Å². The largest absolute Gasteiger partial charge is 0.461 e. The van der Waals surface area contributed by atoms with Crippen molar-refractivity contribution in [2.75, 3.05) is 6.54 Å². The molecule has 206 valence electrons. The predicted molar refractivity (Wildman–Crippen MR) is 151 cm³/mol. The van der Waals surface area contributed by atoms with Crippen LogP contribution < -0.4 is 0 Å². The van der Waals surface area contributed by atoms with Crippen LogP contribution in [0.3, 0.4) is 0 Å². The van der Waals surface area contributed by atoms with Crippen LogP contribution in [0.2, 0.25) is 10.0 Å². The third-order valence-corrected chi connectivity index (χ3v) is 7.74. The third-order valence-electron chi connectivity index (χ3n) is 7.31. The van der Waals surface area contributed by atoms with Gasteiger partial charge in [-0.15, -0.1) is 0 Å². The van der Waals surface area contributed by atoms with Crippen LogP contribution in [-0.4, -0.2) is 45.8 Å². The molecule has 1 saturated heterocycles. The van der Waals surface area contributed by atoms with Gasteiger partial charge in [0.1, 0.15) is 12.4 Å². The molecule has 1 aromatic carbocycles. The Balaban J connectivity index is 1.20. The number of aryl methyl sites for hydroxylation is 1. The highest BCUT2D eigenvalue weighted by Crippen LogP contribution is 2.30. The number of pyridine rings is 1. The van der Waals surface area contributed by atoms with E-state index in [0.29, 0.717) is 41.6 Å². The van der Waals surface area contributed by atoms with E-state index in [4.69, 9.17) is 33.3 Å². The van der Waals surface area contributed by atoms with E-state index in [1.807, 2.05) is 17.0 Å². The second kappa shape index (κ2) is 13.9. The minimum atomic E-state index is -0.359. The molecule has 7 nitrogen and oxygen atoms in total. The number of ketones is 1. The van der Waals surface area contributed by atoms with Crippen molar-refractivity contribution in [3.8, 4) is 0 Å². The standard InChI is InChI=1S/C30H33Cl2N3O4/c31-24-11-22(12-25(32)15-24)19-39-30(38)13-20-3-1-5-27(9-7-20)35-18-23(14-29(35)37)28(36)16-26(33)8-6-21-4-2-10-34-17-21/h2-4,10-12,15,17,23,27,33H,1,5-9,13-14,16,18-19H2. The van der Waals surface area contributed by atoms with Gasteiger partial charge < -0.3 is 15.0 Å². The highest BCUT2D eigenvalue weighted by Gasteiger charge is 2.37. The Bertz CT molecular complexity index is 1230. The molecule has 2 aliphatic rings. The summed E-state index contributed by atoms with van der Waals surface area (Å²) < 4.78 is 5.42. The highest BCUT2D eigenvalue weighted by atomic mass is 35.5. The quantitative estimate of drug-likeness (QED) is 0.198. The van der Waals surface area contributed by atoms with Crippen molar-refractivity contribution >= 4 is 46.6 Å². The summed E-state index contributed by atoms with van der Waals surface area (Å²) in [6.07, 6.45) is 10.3. The zero-order valence-electron chi connectivity index (χ0n) is 21.8. The number of hydrogen-bond donors (Lipinski definition) is 1. The number of allylic oxidation sites excluding steroid dienone is 1. The van der Waals surface area contributed by atoms with E-state index in [0.717, 1.165) is 36.0 Å². The molecule has 2 heterocycles. The number of rotatable bonds is 11. The van der Waals surface area contributed by atoms with Crippen LogP contribution in [0, 0.1) is 11.3 Å². The van der Waals surface area contributed by atoms with Gasteiger partial charge in [0.15, 0.2) is 0 Å². The van der Waals surface area contributed by atoms with Gasteiger partial charge in [0, 0.05) is 59.5 Å². The van der Waals surface area contributed by atoms with Gasteiger partial charge in [0.05, 0.1) is 6.42 Å². The lowest BCUT2D eigenvalue weighted by atomic mass is 9.96. The second-order valence-electron chi connectivity index (χ2n) is 10.3. The van der Waals surface area contributed by atoms with Crippen LogP contribution in [0.15, 0.2) is 54.4 Å². The Morgan fingerprint density at radius 3 is 2.67 bits per heavy atom. The lowest BCUT2D eigenvalue weighted by Gasteiger charge is -2.27. The van der Waals surface area contributed by atoms with E-state index in [2.05, 4.69) is 11.1 Å². The average molecular weight is 571 g/mol. The summed E-state index contributed by atoms with van der Waals surface area (Å²) in [7, 11) is 0. The maximum Gasteiger partial charge on any atom is 0.310 e. The zero-order valence-corrected chi connectivity index (χ0v) is 23.3. The number of esters is 1. The van der Waals surface area contributed by atoms with Crippen LogP contribution in [0.5, 0.6) is 0 Å². The molecule has 0 radical (unpaired) electrons. The molecule has 1 aliphatic heterocycles. The maximum absolute atomic E-state index is 12.9. The average Bonchev–Trinajstić information content (AvgIpc) is 3.14. The number of nitrogens with one attached hydrogen (secondary N) is 1. The summed E-state index contributed by atoms with van der Waals surface area (Å²) in [5, 5.41) is 9.22. The van der Waals surface area contributed by atoms with E-state index in [1.165, 1.54) is 0 Å². The van der Waals surface area contributed by atoms with Gasteiger partial charge in [-0.1, -0.05) is 40.9 Å². The fourth-order valence-electron chi connectivity index (χ4n) is 5.23. The number of likely N-dealkylation sites (tertiary alicyclic amines) is 1. The van der Waals surface area contributed by atoms with E-state index >= 15 is 0 Å².